The van der Waals surface area contributed by atoms with Crippen LogP contribution in [0.15, 0.2) is 68.9 Å². The second-order valence-electron chi connectivity index (χ2n) is 6.01. The minimum atomic E-state index is -1.35. The fraction of sp³-hybridized carbons (Fsp3) is 0.150. The van der Waals surface area contributed by atoms with E-state index in [2.05, 4.69) is 36.7 Å². The number of ether oxygens (including phenoxy) is 1. The molecule has 0 fully saturated rings. The summed E-state index contributed by atoms with van der Waals surface area (Å²) in [6, 6.07) is 8.00. The van der Waals surface area contributed by atoms with Gasteiger partial charge < -0.3 is 25.7 Å². The van der Waals surface area contributed by atoms with Gasteiger partial charge in [-0.1, -0.05) is 27.2 Å². The number of carbonyl (C=O) groups is 1. The lowest BCUT2D eigenvalue weighted by Crippen LogP contribution is -2.45. The van der Waals surface area contributed by atoms with Crippen LogP contribution in [0.3, 0.4) is 0 Å². The number of hydrogen-bond acceptors (Lipinski definition) is 8. The topological polar surface area (TPSA) is 163 Å². The third-order valence-electron chi connectivity index (χ3n) is 3.79. The molecule has 0 aromatic heterocycles. The Hall–Kier alpha value is -3.82. The molecule has 166 valence electrons. The van der Waals surface area contributed by atoms with E-state index in [1.807, 2.05) is 6.07 Å². The number of nitriles is 1. The highest BCUT2D eigenvalue weighted by Crippen LogP contribution is 2.20. The molecular formula is C20H18BrFN6O4. The van der Waals surface area contributed by atoms with Gasteiger partial charge in [-0.3, -0.25) is 10.2 Å². The van der Waals surface area contributed by atoms with Crippen molar-refractivity contribution in [3.05, 3.63) is 64.3 Å². The summed E-state index contributed by atoms with van der Waals surface area (Å²) in [7, 11) is 0. The number of nitrogens with zero attached hydrogens (tertiary/aromatic N) is 3. The number of carbonyl (C=O) groups excluding carboxylic acids is 1. The van der Waals surface area contributed by atoms with Crippen LogP contribution >= 0.6 is 15.9 Å². The van der Waals surface area contributed by atoms with Crippen LogP contribution in [-0.2, 0) is 4.79 Å². The zero-order chi connectivity index (χ0) is 23.5. The summed E-state index contributed by atoms with van der Waals surface area (Å²) >= 11 is 3.09. The maximum absolute atomic E-state index is 13.7. The van der Waals surface area contributed by atoms with Gasteiger partial charge in [0.05, 0.1) is 11.6 Å². The molecule has 0 saturated carbocycles. The summed E-state index contributed by atoms with van der Waals surface area (Å²) < 4.78 is 19.2. The van der Waals surface area contributed by atoms with E-state index in [0.29, 0.717) is 17.0 Å². The minimum absolute atomic E-state index is 0.212. The van der Waals surface area contributed by atoms with Crippen molar-refractivity contribution in [3.63, 3.8) is 0 Å². The number of allylic oxidation sites excluding steroid dienone is 5. The van der Waals surface area contributed by atoms with Crippen LogP contribution in [0.1, 0.15) is 5.56 Å². The smallest absolute Gasteiger partial charge is 0.263 e. The fourth-order valence-corrected chi connectivity index (χ4v) is 2.68. The van der Waals surface area contributed by atoms with E-state index in [9.17, 15) is 19.5 Å². The molecule has 0 saturated heterocycles. The van der Waals surface area contributed by atoms with E-state index in [0.717, 1.165) is 0 Å². The quantitative estimate of drug-likeness (QED) is 0.164. The standard InChI is InChI=1S/C20H18BrFN6O4/c21-15-8-13(2-1-3-16(15)22)26-19(25-11-29)18(24)20(28-31)27-17(30)10-32-14-6-4-12(9-23)5-7-14/h1-8,16,24,29,31H,10-11H2,(H,25,26)(H,27,28,30). The predicted octanol–water partition coefficient (Wildman–Crippen LogP) is 1.87. The van der Waals surface area contributed by atoms with Crippen LogP contribution in [0.5, 0.6) is 5.75 Å². The molecule has 1 amide bonds. The van der Waals surface area contributed by atoms with Crippen LogP contribution in [0.4, 0.5) is 4.39 Å². The molecule has 0 bridgehead atoms. The first-order chi connectivity index (χ1) is 15.4. The number of nitrogens with one attached hydrogen (secondary N) is 3. The Kier molecular flexibility index (Phi) is 9.27. The van der Waals surface area contributed by atoms with Gasteiger partial charge in [0.25, 0.3) is 5.91 Å². The van der Waals surface area contributed by atoms with Crippen molar-refractivity contribution < 1.29 is 24.2 Å². The van der Waals surface area contributed by atoms with Crippen LogP contribution in [0, 0.1) is 16.7 Å². The molecule has 1 aromatic carbocycles. The normalized spacial score (nSPS) is 16.2. The van der Waals surface area contributed by atoms with Crippen molar-refractivity contribution in [3.8, 4) is 11.8 Å². The summed E-state index contributed by atoms with van der Waals surface area (Å²) in [6.45, 7) is -1.18. The van der Waals surface area contributed by atoms with E-state index >= 15 is 0 Å². The number of oxime groups is 1. The predicted molar refractivity (Wildman–Crippen MR) is 119 cm³/mol. The van der Waals surface area contributed by atoms with Gasteiger partial charge in [-0.15, -0.1) is 0 Å². The first kappa shape index (κ1) is 24.4. The lowest BCUT2D eigenvalue weighted by atomic mass is 10.2. The van der Waals surface area contributed by atoms with Crippen molar-refractivity contribution in [1.29, 1.82) is 10.7 Å². The van der Waals surface area contributed by atoms with Crippen molar-refractivity contribution in [2.75, 3.05) is 13.3 Å². The van der Waals surface area contributed by atoms with Crippen molar-refractivity contribution >= 4 is 39.2 Å². The number of alkyl halides is 1. The van der Waals surface area contributed by atoms with Crippen LogP contribution in [0.25, 0.3) is 0 Å². The highest BCUT2D eigenvalue weighted by atomic mass is 79.9. The zero-order valence-electron chi connectivity index (χ0n) is 16.4. The first-order valence-electron chi connectivity index (χ1n) is 8.94. The number of aliphatic hydroxyl groups is 1. The van der Waals surface area contributed by atoms with Gasteiger partial charge in [0.2, 0.25) is 5.84 Å². The number of halogens is 2. The molecule has 0 heterocycles. The van der Waals surface area contributed by atoms with E-state index in [4.69, 9.17) is 15.4 Å². The van der Waals surface area contributed by atoms with Gasteiger partial charge in [0.1, 0.15) is 18.2 Å². The molecule has 32 heavy (non-hydrogen) atoms. The van der Waals surface area contributed by atoms with Gasteiger partial charge in [-0.25, -0.2) is 9.38 Å². The molecule has 0 spiro atoms. The van der Waals surface area contributed by atoms with Crippen LogP contribution < -0.4 is 15.4 Å². The summed E-state index contributed by atoms with van der Waals surface area (Å²) in [4.78, 5) is 15.9. The minimum Gasteiger partial charge on any atom is -0.484 e. The number of rotatable bonds is 7. The Morgan fingerprint density at radius 3 is 2.69 bits per heavy atom. The van der Waals surface area contributed by atoms with Gasteiger partial charge in [0, 0.05) is 10.2 Å². The van der Waals surface area contributed by atoms with Crippen molar-refractivity contribution in [2.24, 2.45) is 10.1 Å². The summed E-state index contributed by atoms with van der Waals surface area (Å²) in [6.07, 6.45) is 4.29. The Labute approximate surface area is 190 Å². The van der Waals surface area contributed by atoms with Gasteiger partial charge >= 0.3 is 0 Å². The zero-order valence-corrected chi connectivity index (χ0v) is 18.0. The monoisotopic (exact) mass is 504 g/mol. The number of aliphatic hydroxyl groups excluding tert-OH is 1. The Balaban J connectivity index is 2.04. The molecule has 0 radical (unpaired) electrons. The van der Waals surface area contributed by atoms with E-state index < -0.39 is 37.0 Å². The van der Waals surface area contributed by atoms with Crippen molar-refractivity contribution in [1.82, 2.24) is 10.6 Å². The summed E-state index contributed by atoms with van der Waals surface area (Å²) in [5, 5.41) is 43.2. The Morgan fingerprint density at radius 1 is 1.34 bits per heavy atom. The average Bonchev–Trinajstić information content (AvgIpc) is 2.95. The highest BCUT2D eigenvalue weighted by molar-refractivity contribution is 9.11. The molecule has 1 unspecified atom stereocenters. The molecule has 1 aromatic rings. The van der Waals surface area contributed by atoms with Gasteiger partial charge in [-0.05, 0) is 42.5 Å². The first-order valence-corrected chi connectivity index (χ1v) is 9.73. The average molecular weight is 505 g/mol. The maximum atomic E-state index is 13.7. The number of amides is 1. The van der Waals surface area contributed by atoms with Crippen molar-refractivity contribution in [2.45, 2.75) is 6.17 Å². The lowest BCUT2D eigenvalue weighted by Gasteiger charge is -2.14. The van der Waals surface area contributed by atoms with E-state index in [-0.39, 0.29) is 10.3 Å². The molecule has 1 aliphatic carbocycles. The number of amidine groups is 2. The maximum Gasteiger partial charge on any atom is 0.263 e. The molecule has 10 nitrogen and oxygen atoms in total. The third-order valence-corrected chi connectivity index (χ3v) is 4.46. The summed E-state index contributed by atoms with van der Waals surface area (Å²) in [5.74, 6) is -1.22. The molecule has 1 atom stereocenters. The highest BCUT2D eigenvalue weighted by Gasteiger charge is 2.19. The number of benzene rings is 1. The molecular weight excluding hydrogens is 487 g/mol. The molecule has 5 N–H and O–H groups in total. The third kappa shape index (κ3) is 7.15. The Morgan fingerprint density at radius 2 is 2.06 bits per heavy atom. The Bertz CT molecular complexity index is 1060. The second kappa shape index (κ2) is 12.1. The fourth-order valence-electron chi connectivity index (χ4n) is 2.28. The van der Waals surface area contributed by atoms with Crippen LogP contribution in [-0.4, -0.2) is 53.1 Å². The van der Waals surface area contributed by atoms with E-state index in [1.165, 1.54) is 48.6 Å². The molecule has 2 rings (SSSR count). The van der Waals surface area contributed by atoms with Gasteiger partial charge in [-0.2, -0.15) is 5.26 Å². The molecule has 12 heteroatoms. The SMILES string of the molecule is N#Cc1ccc(OCC(=O)N/C(=N/O)C(=N)/C(=N/CO)NC2=CC=CC(F)C(Br)=C2)cc1. The largest absolute Gasteiger partial charge is 0.484 e. The van der Waals surface area contributed by atoms with Gasteiger partial charge in [0.15, 0.2) is 18.6 Å². The van der Waals surface area contributed by atoms with Crippen LogP contribution in [0.2, 0.25) is 0 Å². The molecule has 1 aliphatic rings. The second-order valence-corrected chi connectivity index (χ2v) is 6.92. The summed E-state index contributed by atoms with van der Waals surface area (Å²) in [5.41, 5.74) is 0.193. The lowest BCUT2D eigenvalue weighted by molar-refractivity contribution is -0.121. The number of hydrogen-bond donors (Lipinski definition) is 5. The van der Waals surface area contributed by atoms with E-state index in [1.54, 1.807) is 0 Å². The number of aliphatic imine (C=N–C) groups is 1. The molecule has 0 aliphatic heterocycles.